The molecular formula is C8H14O2. The molecule has 0 aromatic carbocycles. The number of aldehydes is 1. The van der Waals surface area contributed by atoms with Crippen LogP contribution in [0.25, 0.3) is 0 Å². The first-order chi connectivity index (χ1) is 4.57. The van der Waals surface area contributed by atoms with Crippen LogP contribution >= 0.6 is 0 Å². The van der Waals surface area contributed by atoms with E-state index >= 15 is 0 Å². The lowest BCUT2D eigenvalue weighted by Crippen LogP contribution is -2.14. The van der Waals surface area contributed by atoms with Crippen molar-refractivity contribution < 1.29 is 9.59 Å². The van der Waals surface area contributed by atoms with Gasteiger partial charge in [0.2, 0.25) is 0 Å². The van der Waals surface area contributed by atoms with Crippen LogP contribution in [0, 0.1) is 11.8 Å². The minimum atomic E-state index is -0.375. The Morgan fingerprint density at radius 2 is 2.00 bits per heavy atom. The molecule has 2 heteroatoms. The van der Waals surface area contributed by atoms with Crippen LogP contribution in [0.4, 0.5) is 0 Å². The number of Topliss-reactive ketones (excluding diaryl/α,β-unsaturated/α-hetero) is 1. The van der Waals surface area contributed by atoms with Crippen molar-refractivity contribution in [3.63, 3.8) is 0 Å². The van der Waals surface area contributed by atoms with Crippen molar-refractivity contribution >= 4 is 12.1 Å². The van der Waals surface area contributed by atoms with E-state index < -0.39 is 0 Å². The Labute approximate surface area is 61.6 Å². The van der Waals surface area contributed by atoms with E-state index in [2.05, 4.69) is 0 Å². The zero-order chi connectivity index (χ0) is 8.15. The largest absolute Gasteiger partial charge is 0.303 e. The third-order valence-electron chi connectivity index (χ3n) is 1.41. The molecule has 1 atom stereocenters. The summed E-state index contributed by atoms with van der Waals surface area (Å²) < 4.78 is 0. The highest BCUT2D eigenvalue weighted by atomic mass is 16.1. The molecule has 0 saturated carbocycles. The Morgan fingerprint density at radius 3 is 2.10 bits per heavy atom. The maximum atomic E-state index is 10.7. The van der Waals surface area contributed by atoms with Gasteiger partial charge in [0.05, 0.1) is 5.92 Å². The fraction of sp³-hybridized carbons (Fsp3) is 0.750. The number of rotatable bonds is 4. The van der Waals surface area contributed by atoms with Gasteiger partial charge >= 0.3 is 0 Å². The van der Waals surface area contributed by atoms with Crippen LogP contribution in [0.1, 0.15) is 27.2 Å². The van der Waals surface area contributed by atoms with Crippen molar-refractivity contribution in [1.82, 2.24) is 0 Å². The maximum Gasteiger partial charge on any atom is 0.139 e. The second-order valence-corrected chi connectivity index (χ2v) is 2.98. The van der Waals surface area contributed by atoms with Crippen LogP contribution in [0.3, 0.4) is 0 Å². The first-order valence-electron chi connectivity index (χ1n) is 3.53. The third kappa shape index (κ3) is 3.38. The van der Waals surface area contributed by atoms with Crippen molar-refractivity contribution in [2.75, 3.05) is 0 Å². The molecule has 0 N–H and O–H groups in total. The molecule has 0 heterocycles. The van der Waals surface area contributed by atoms with Gasteiger partial charge in [-0.2, -0.15) is 0 Å². The molecule has 0 aromatic heterocycles. The van der Waals surface area contributed by atoms with E-state index in [1.807, 2.05) is 13.8 Å². The third-order valence-corrected chi connectivity index (χ3v) is 1.41. The maximum absolute atomic E-state index is 10.7. The lowest BCUT2D eigenvalue weighted by Gasteiger charge is -2.07. The molecule has 0 aromatic rings. The average molecular weight is 142 g/mol. The summed E-state index contributed by atoms with van der Waals surface area (Å²) >= 11 is 0. The van der Waals surface area contributed by atoms with Gasteiger partial charge in [-0.1, -0.05) is 13.8 Å². The van der Waals surface area contributed by atoms with Gasteiger partial charge in [-0.05, 0) is 19.3 Å². The Bertz CT molecular complexity index is 127. The van der Waals surface area contributed by atoms with Gasteiger partial charge in [0.15, 0.2) is 0 Å². The number of hydrogen-bond donors (Lipinski definition) is 0. The summed E-state index contributed by atoms with van der Waals surface area (Å²) in [6.45, 7) is 5.46. The Balaban J connectivity index is 3.83. The van der Waals surface area contributed by atoms with E-state index in [1.165, 1.54) is 6.92 Å². The van der Waals surface area contributed by atoms with Crippen LogP contribution in [-0.2, 0) is 9.59 Å². The van der Waals surface area contributed by atoms with Crippen LogP contribution in [0.5, 0.6) is 0 Å². The van der Waals surface area contributed by atoms with Crippen molar-refractivity contribution in [2.45, 2.75) is 27.2 Å². The van der Waals surface area contributed by atoms with E-state index in [0.717, 1.165) is 6.29 Å². The smallest absolute Gasteiger partial charge is 0.139 e. The van der Waals surface area contributed by atoms with Crippen LogP contribution in [0.2, 0.25) is 0 Å². The Hall–Kier alpha value is -0.660. The first-order valence-corrected chi connectivity index (χ1v) is 3.53. The van der Waals surface area contributed by atoms with Gasteiger partial charge in [-0.25, -0.2) is 0 Å². The van der Waals surface area contributed by atoms with Crippen molar-refractivity contribution in [3.05, 3.63) is 0 Å². The standard InChI is InChI=1S/C8H14O2/c1-6(2)4-8(5-9)7(3)10/h5-6,8H,4H2,1-3H3. The fourth-order valence-corrected chi connectivity index (χ4v) is 0.825. The molecule has 2 nitrogen and oxygen atoms in total. The first kappa shape index (κ1) is 9.34. The zero-order valence-electron chi connectivity index (χ0n) is 6.76. The van der Waals surface area contributed by atoms with Gasteiger partial charge < -0.3 is 4.79 Å². The molecule has 10 heavy (non-hydrogen) atoms. The van der Waals surface area contributed by atoms with Crippen molar-refractivity contribution in [1.29, 1.82) is 0 Å². The van der Waals surface area contributed by atoms with Gasteiger partial charge in [-0.15, -0.1) is 0 Å². The lowest BCUT2D eigenvalue weighted by molar-refractivity contribution is -0.126. The molecule has 0 bridgehead atoms. The van der Waals surface area contributed by atoms with E-state index in [9.17, 15) is 9.59 Å². The molecule has 0 saturated heterocycles. The highest BCUT2D eigenvalue weighted by Gasteiger charge is 2.13. The van der Waals surface area contributed by atoms with Crippen LogP contribution in [-0.4, -0.2) is 12.1 Å². The minimum absolute atomic E-state index is 0.0244. The molecule has 0 aliphatic carbocycles. The molecular weight excluding hydrogens is 128 g/mol. The summed E-state index contributed by atoms with van der Waals surface area (Å²) in [6, 6.07) is 0. The van der Waals surface area contributed by atoms with E-state index in [0.29, 0.717) is 12.3 Å². The molecule has 0 amide bonds. The normalized spacial score (nSPS) is 13.2. The fourth-order valence-electron chi connectivity index (χ4n) is 0.825. The zero-order valence-corrected chi connectivity index (χ0v) is 6.76. The van der Waals surface area contributed by atoms with Crippen LogP contribution < -0.4 is 0 Å². The van der Waals surface area contributed by atoms with E-state index in [4.69, 9.17) is 0 Å². The Kier molecular flexibility index (Phi) is 3.93. The second-order valence-electron chi connectivity index (χ2n) is 2.98. The quantitative estimate of drug-likeness (QED) is 0.439. The molecule has 0 aliphatic heterocycles. The van der Waals surface area contributed by atoms with E-state index in [-0.39, 0.29) is 11.7 Å². The number of hydrogen-bond acceptors (Lipinski definition) is 2. The summed E-state index contributed by atoms with van der Waals surface area (Å²) in [5, 5.41) is 0. The SMILES string of the molecule is CC(=O)C(C=O)CC(C)C. The molecule has 0 radical (unpaired) electrons. The average Bonchev–Trinajstić information content (AvgIpc) is 1.81. The molecule has 0 rings (SSSR count). The lowest BCUT2D eigenvalue weighted by atomic mass is 9.95. The van der Waals surface area contributed by atoms with Gasteiger partial charge in [0.25, 0.3) is 0 Å². The monoisotopic (exact) mass is 142 g/mol. The van der Waals surface area contributed by atoms with Gasteiger partial charge in [-0.3, -0.25) is 4.79 Å². The summed E-state index contributed by atoms with van der Waals surface area (Å²) in [5.41, 5.74) is 0. The molecule has 0 aliphatic rings. The van der Waals surface area contributed by atoms with E-state index in [1.54, 1.807) is 0 Å². The molecule has 58 valence electrons. The highest BCUT2D eigenvalue weighted by molar-refractivity contribution is 5.91. The van der Waals surface area contributed by atoms with Crippen molar-refractivity contribution in [3.8, 4) is 0 Å². The van der Waals surface area contributed by atoms with Gasteiger partial charge in [0.1, 0.15) is 12.1 Å². The topological polar surface area (TPSA) is 34.1 Å². The summed E-state index contributed by atoms with van der Waals surface area (Å²) in [5.74, 6) is 0.0165. The summed E-state index contributed by atoms with van der Waals surface area (Å²) in [4.78, 5) is 20.9. The molecule has 0 fully saturated rings. The number of ketones is 1. The number of carbonyl (C=O) groups excluding carboxylic acids is 2. The van der Waals surface area contributed by atoms with Gasteiger partial charge in [0, 0.05) is 0 Å². The van der Waals surface area contributed by atoms with Crippen molar-refractivity contribution in [2.24, 2.45) is 11.8 Å². The molecule has 1 unspecified atom stereocenters. The second kappa shape index (κ2) is 4.20. The number of carbonyl (C=O) groups is 2. The summed E-state index contributed by atoms with van der Waals surface area (Å²) in [7, 11) is 0. The predicted octanol–water partition coefficient (Wildman–Crippen LogP) is 1.44. The van der Waals surface area contributed by atoms with Crippen LogP contribution in [0.15, 0.2) is 0 Å². The Morgan fingerprint density at radius 1 is 1.50 bits per heavy atom. The highest BCUT2D eigenvalue weighted by Crippen LogP contribution is 2.09. The minimum Gasteiger partial charge on any atom is -0.303 e. The molecule has 0 spiro atoms. The summed E-state index contributed by atoms with van der Waals surface area (Å²) in [6.07, 6.45) is 1.42. The predicted molar refractivity (Wildman–Crippen MR) is 39.7 cm³/mol.